The van der Waals surface area contributed by atoms with Crippen molar-refractivity contribution >= 4 is 60.9 Å². The molecule has 0 aliphatic carbocycles. The van der Waals surface area contributed by atoms with E-state index < -0.39 is 0 Å². The van der Waals surface area contributed by atoms with E-state index in [1.54, 1.807) is 0 Å². The summed E-state index contributed by atoms with van der Waals surface area (Å²) in [5.41, 5.74) is 0. The Morgan fingerprint density at radius 1 is 1.75 bits per heavy atom. The van der Waals surface area contributed by atoms with Gasteiger partial charge >= 0.3 is 37.7 Å². The van der Waals surface area contributed by atoms with Crippen LogP contribution in [-0.2, 0) is 0 Å². The largest absolute Gasteiger partial charge is 2.00 e. The van der Waals surface area contributed by atoms with Gasteiger partial charge in [0.25, 0.3) is 0 Å². The molecule has 0 aromatic heterocycles. The molecule has 0 aromatic rings. The maximum absolute atomic E-state index is 4.76. The Morgan fingerprint density at radius 2 is 1.75 bits per heavy atom. The zero-order valence-electron chi connectivity index (χ0n) is 4.17. The normalized spacial score (nSPS) is 4.50. The van der Waals surface area contributed by atoms with Crippen molar-refractivity contribution in [1.82, 2.24) is 0 Å². The number of alkyl halides is 2. The molecule has 0 aliphatic heterocycles. The molecule has 0 saturated heterocycles. The van der Waals surface area contributed by atoms with Crippen LogP contribution in [0.15, 0.2) is 0 Å². The number of halogens is 2. The smallest absolute Gasteiger partial charge is 1.00 e. The Morgan fingerprint density at radius 3 is 1.75 bits per heavy atom. The summed E-state index contributed by atoms with van der Waals surface area (Å²) in [6.07, 6.45) is 0. The molecule has 4 heavy (non-hydrogen) atoms. The van der Waals surface area contributed by atoms with E-state index in [1.807, 2.05) is 0 Å². The van der Waals surface area contributed by atoms with Gasteiger partial charge in [0, 0.05) is 1.43 Å². The topological polar surface area (TPSA) is 0 Å². The first-order valence-electron chi connectivity index (χ1n) is 0.535. The fourth-order valence-corrected chi connectivity index (χ4v) is 0. The number of rotatable bonds is 0. The quantitative estimate of drug-likeness (QED) is 0.343. The van der Waals surface area contributed by atoms with Gasteiger partial charge in [0.15, 0.2) is 0 Å². The van der Waals surface area contributed by atoms with Gasteiger partial charge in [0.1, 0.15) is 0 Å². The average Bonchev–Trinajstić information content (AvgIpc) is 0.918. The minimum atomic E-state index is 0. The Hall–Kier alpha value is 1.84. The van der Waals surface area contributed by atoms with Gasteiger partial charge in [-0.3, -0.25) is 0 Å². The molecule has 0 heterocycles. The third-order valence-electron chi connectivity index (χ3n) is 0. The molecule has 0 N–H and O–H groups in total. The van der Waals surface area contributed by atoms with Gasteiger partial charge in [-0.2, -0.15) is 0 Å². The second kappa shape index (κ2) is 8.85. The standard InChI is InChI=1S/CH2Cl2.Ca.H2.2H/c2-1-3;;;;/h1H2;;1H;;/q;+2;;2*-1. The molecule has 0 rings (SSSR count). The molecule has 0 amide bonds. The molecule has 0 unspecified atom stereocenters. The van der Waals surface area contributed by atoms with E-state index in [2.05, 4.69) is 0 Å². The molecule has 0 nitrogen and oxygen atoms in total. The van der Waals surface area contributed by atoms with Crippen LogP contribution in [0, 0.1) is 0 Å². The van der Waals surface area contributed by atoms with Crippen LogP contribution in [0.5, 0.6) is 0 Å². The van der Waals surface area contributed by atoms with Crippen molar-refractivity contribution in [2.24, 2.45) is 0 Å². The van der Waals surface area contributed by atoms with Crippen LogP contribution >= 0.6 is 23.2 Å². The van der Waals surface area contributed by atoms with Crippen molar-refractivity contribution in [3.8, 4) is 0 Å². The zero-order chi connectivity index (χ0) is 2.71. The van der Waals surface area contributed by atoms with Crippen LogP contribution in [0.25, 0.3) is 0 Å². The van der Waals surface area contributed by atoms with E-state index in [1.165, 1.54) is 0 Å². The minimum absolute atomic E-state index is 0. The second-order valence-corrected chi connectivity index (χ2v) is 0.909. The summed E-state index contributed by atoms with van der Waals surface area (Å²) in [6, 6.07) is 0. The molecule has 0 aromatic carbocycles. The summed E-state index contributed by atoms with van der Waals surface area (Å²) in [5.74, 6) is 0. The molecule has 0 bridgehead atoms. The molecule has 0 radical (unpaired) electrons. The molecule has 3 heteroatoms. The van der Waals surface area contributed by atoms with Crippen molar-refractivity contribution < 1.29 is 4.28 Å². The van der Waals surface area contributed by atoms with Crippen LogP contribution in [0.3, 0.4) is 0 Å². The van der Waals surface area contributed by atoms with E-state index >= 15 is 0 Å². The summed E-state index contributed by atoms with van der Waals surface area (Å²) in [5, 5.41) is 0.194. The van der Waals surface area contributed by atoms with Gasteiger partial charge in [-0.1, -0.05) is 0 Å². The zero-order valence-corrected chi connectivity index (χ0v) is 5.89. The minimum Gasteiger partial charge on any atom is -1.00 e. The average molecular weight is 129 g/mol. The fourth-order valence-electron chi connectivity index (χ4n) is 0. The molecule has 0 atom stereocenters. The van der Waals surface area contributed by atoms with Crippen molar-refractivity contribution in [3.05, 3.63) is 0 Å². The van der Waals surface area contributed by atoms with Gasteiger partial charge < -0.3 is 2.85 Å². The van der Waals surface area contributed by atoms with Gasteiger partial charge in [0.05, 0.1) is 5.34 Å². The third kappa shape index (κ3) is 9.15. The van der Waals surface area contributed by atoms with Crippen LogP contribution in [0.1, 0.15) is 4.28 Å². The molecule has 0 fully saturated rings. The van der Waals surface area contributed by atoms with Crippen LogP contribution < -0.4 is 0 Å². The summed E-state index contributed by atoms with van der Waals surface area (Å²) in [6.45, 7) is 0. The van der Waals surface area contributed by atoms with Crippen molar-refractivity contribution in [2.75, 3.05) is 5.34 Å². The predicted octanol–water partition coefficient (Wildman–Crippen LogP) is 1.51. The first-order chi connectivity index (χ1) is 1.41. The van der Waals surface area contributed by atoms with Crippen LogP contribution in [0.4, 0.5) is 0 Å². The monoisotopic (exact) mass is 128 g/mol. The summed E-state index contributed by atoms with van der Waals surface area (Å²) in [4.78, 5) is 0. The molecule has 0 saturated carbocycles. The Kier molecular flexibility index (Phi) is 20.5. The van der Waals surface area contributed by atoms with Crippen LogP contribution in [-0.4, -0.2) is 43.1 Å². The second-order valence-electron chi connectivity index (χ2n) is 0.101. The Bertz CT molecular complexity index is 12.9. The molecule has 26 valence electrons. The third-order valence-corrected chi connectivity index (χ3v) is 0. The van der Waals surface area contributed by atoms with E-state index in [4.69, 9.17) is 23.2 Å². The van der Waals surface area contributed by atoms with E-state index in [0.29, 0.717) is 0 Å². The summed E-state index contributed by atoms with van der Waals surface area (Å²) < 4.78 is 0. The van der Waals surface area contributed by atoms with Crippen LogP contribution in [0.2, 0.25) is 0 Å². The predicted molar refractivity (Wildman–Crippen MR) is 26.7 cm³/mol. The molecular formula is CH6CaCl2. The molecule has 0 spiro atoms. The molecule has 0 aliphatic rings. The first-order valence-corrected chi connectivity index (χ1v) is 1.60. The Labute approximate surface area is 69.9 Å². The summed E-state index contributed by atoms with van der Waals surface area (Å²) in [7, 11) is 0. The van der Waals surface area contributed by atoms with Crippen molar-refractivity contribution in [3.63, 3.8) is 0 Å². The van der Waals surface area contributed by atoms with E-state index in [-0.39, 0.29) is 47.4 Å². The van der Waals surface area contributed by atoms with Crippen molar-refractivity contribution in [2.45, 2.75) is 0 Å². The Balaban J connectivity index is -0.00000000333. The summed E-state index contributed by atoms with van der Waals surface area (Å²) >= 11 is 9.53. The maximum atomic E-state index is 4.76. The van der Waals surface area contributed by atoms with Gasteiger partial charge in [-0.05, 0) is 0 Å². The fraction of sp³-hybridized carbons (Fsp3) is 1.00. The van der Waals surface area contributed by atoms with Gasteiger partial charge in [-0.25, -0.2) is 0 Å². The molecular weight excluding hydrogens is 123 g/mol. The SMILES string of the molecule is ClCCl.[Ca+2].[H-].[H-].[HH]. The van der Waals surface area contributed by atoms with E-state index in [9.17, 15) is 0 Å². The van der Waals surface area contributed by atoms with E-state index in [0.717, 1.165) is 0 Å². The number of hydrogen-bond donors (Lipinski definition) is 0. The maximum Gasteiger partial charge on any atom is 2.00 e. The number of hydrogen-bond acceptors (Lipinski definition) is 0. The first kappa shape index (κ1) is 9.28. The van der Waals surface area contributed by atoms with Gasteiger partial charge in [0.2, 0.25) is 0 Å². The van der Waals surface area contributed by atoms with Gasteiger partial charge in [-0.15, -0.1) is 23.2 Å². The van der Waals surface area contributed by atoms with Crippen molar-refractivity contribution in [1.29, 1.82) is 0 Å².